The van der Waals surface area contributed by atoms with Crippen LogP contribution >= 0.6 is 22.7 Å². The number of hydrogen-bond acceptors (Lipinski definition) is 5. The number of fused-ring (bicyclic) bond motifs is 20. The molecule has 7 aromatic heterocycles. The van der Waals surface area contributed by atoms with E-state index in [0.717, 1.165) is 71.7 Å². The molecule has 18 aromatic rings. The van der Waals surface area contributed by atoms with Gasteiger partial charge < -0.3 is 4.57 Å². The summed E-state index contributed by atoms with van der Waals surface area (Å²) in [6.07, 6.45) is 0. The van der Waals surface area contributed by atoms with Crippen LogP contribution < -0.4 is 0 Å². The summed E-state index contributed by atoms with van der Waals surface area (Å²) in [5.74, 6) is 1.59. The van der Waals surface area contributed by atoms with E-state index < -0.39 is 0 Å². The predicted molar refractivity (Wildman–Crippen MR) is 335 cm³/mol. The van der Waals surface area contributed by atoms with Gasteiger partial charge >= 0.3 is 0 Å². The number of thiophene rings is 2. The van der Waals surface area contributed by atoms with E-state index in [2.05, 4.69) is 256 Å². The maximum Gasteiger partial charge on any atom is 0.235 e. The van der Waals surface area contributed by atoms with E-state index in [-0.39, 0.29) is 0 Å². The van der Waals surface area contributed by atoms with Gasteiger partial charge in [-0.15, -0.1) is 22.7 Å². The van der Waals surface area contributed by atoms with Gasteiger partial charge in [0.15, 0.2) is 5.82 Å². The summed E-state index contributed by atoms with van der Waals surface area (Å²) in [6, 6.07) is 88.0. The lowest BCUT2D eigenvalue weighted by Gasteiger charge is -2.13. The summed E-state index contributed by atoms with van der Waals surface area (Å²) in [6.45, 7) is 0. The second kappa shape index (κ2) is 16.3. The third-order valence-electron chi connectivity index (χ3n) is 16.4. The normalized spacial score (nSPS) is 12.3. The molecular formula is C71H40N6S2. The van der Waals surface area contributed by atoms with Gasteiger partial charge in [0, 0.05) is 101 Å². The zero-order valence-electron chi connectivity index (χ0n) is 42.1. The van der Waals surface area contributed by atoms with Crippen LogP contribution in [0.15, 0.2) is 243 Å². The average Bonchev–Trinajstić information content (AvgIpc) is 4.09. The van der Waals surface area contributed by atoms with Crippen molar-refractivity contribution in [1.29, 1.82) is 0 Å². The third kappa shape index (κ3) is 6.07. The summed E-state index contributed by atoms with van der Waals surface area (Å²) in [5, 5.41) is 15.6. The van der Waals surface area contributed by atoms with Gasteiger partial charge in [0.2, 0.25) is 5.95 Å². The highest BCUT2D eigenvalue weighted by Gasteiger charge is 2.26. The van der Waals surface area contributed by atoms with Crippen molar-refractivity contribution in [2.75, 3.05) is 0 Å². The number of rotatable bonds is 5. The highest BCUT2D eigenvalue weighted by Crippen LogP contribution is 2.50. The Balaban J connectivity index is 0.903. The molecule has 0 bridgehead atoms. The summed E-state index contributed by atoms with van der Waals surface area (Å²) in [4.78, 5) is 16.7. The van der Waals surface area contributed by atoms with E-state index in [4.69, 9.17) is 15.0 Å². The molecule has 0 aliphatic heterocycles. The number of nitrogens with zero attached hydrogens (tertiary/aromatic N) is 6. The SMILES string of the molecule is c1ccc(-c2nc(-n3c4ccccc4c4c5c6ccc(-c7cc8c(sc9ccc(-n%10c%11ccccc%11c%11ccccc%11%10)cc98)c(-n8c9ccccc9c9ccccc98)n7)cc6sc5c5ccccc5c43)nc3ccccc23)cc1. The monoisotopic (exact) mass is 1040 g/mol. The molecule has 0 aliphatic rings. The largest absolute Gasteiger partial charge is 0.309 e. The van der Waals surface area contributed by atoms with Crippen molar-refractivity contribution in [3.05, 3.63) is 243 Å². The third-order valence-corrected chi connectivity index (χ3v) is 18.8. The smallest absolute Gasteiger partial charge is 0.235 e. The maximum absolute atomic E-state index is 5.81. The average molecular weight is 1040 g/mol. The Morgan fingerprint density at radius 3 is 1.54 bits per heavy atom. The van der Waals surface area contributed by atoms with Crippen molar-refractivity contribution in [1.82, 2.24) is 28.7 Å². The Labute approximate surface area is 458 Å². The summed E-state index contributed by atoms with van der Waals surface area (Å²) in [5.41, 5.74) is 12.9. The van der Waals surface area contributed by atoms with Crippen molar-refractivity contribution >= 4 is 150 Å². The van der Waals surface area contributed by atoms with Gasteiger partial charge in [-0.2, -0.15) is 0 Å². The zero-order chi connectivity index (χ0) is 51.4. The molecule has 7 heterocycles. The van der Waals surface area contributed by atoms with Crippen LogP contribution in [0.5, 0.6) is 0 Å². The Kier molecular flexibility index (Phi) is 8.89. The molecule has 0 spiro atoms. The minimum atomic E-state index is 0.652. The maximum atomic E-state index is 5.81. The minimum Gasteiger partial charge on any atom is -0.309 e. The van der Waals surface area contributed by atoms with Crippen molar-refractivity contribution in [2.24, 2.45) is 0 Å². The first-order chi connectivity index (χ1) is 39.2. The minimum absolute atomic E-state index is 0.652. The van der Waals surface area contributed by atoms with E-state index in [1.165, 1.54) is 89.8 Å². The van der Waals surface area contributed by atoms with Crippen molar-refractivity contribution < 1.29 is 0 Å². The number of para-hydroxylation sites is 6. The highest BCUT2D eigenvalue weighted by molar-refractivity contribution is 7.27. The van der Waals surface area contributed by atoms with Gasteiger partial charge in [-0.3, -0.25) is 9.13 Å². The second-order valence-corrected chi connectivity index (χ2v) is 22.7. The molecule has 0 saturated carbocycles. The van der Waals surface area contributed by atoms with Crippen LogP contribution in [0, 0.1) is 0 Å². The molecule has 0 saturated heterocycles. The number of benzene rings is 11. The number of pyridine rings is 1. The lowest BCUT2D eigenvalue weighted by molar-refractivity contribution is 1.02. The molecule has 0 unspecified atom stereocenters. The Hall–Kier alpha value is -9.99. The van der Waals surface area contributed by atoms with Crippen LogP contribution in [0.25, 0.3) is 167 Å². The summed E-state index contributed by atoms with van der Waals surface area (Å²) >= 11 is 3.70. The quantitative estimate of drug-likeness (QED) is 0.173. The van der Waals surface area contributed by atoms with Crippen LogP contribution in [0.3, 0.4) is 0 Å². The van der Waals surface area contributed by atoms with Crippen molar-refractivity contribution in [2.45, 2.75) is 0 Å². The lowest BCUT2D eigenvalue weighted by atomic mass is 9.99. The summed E-state index contributed by atoms with van der Waals surface area (Å²) < 4.78 is 12.0. The molecule has 366 valence electrons. The highest BCUT2D eigenvalue weighted by atomic mass is 32.1. The van der Waals surface area contributed by atoms with Gasteiger partial charge in [0.1, 0.15) is 0 Å². The van der Waals surface area contributed by atoms with Gasteiger partial charge in [0.05, 0.1) is 54.7 Å². The number of aromatic nitrogens is 6. The molecule has 0 atom stereocenters. The van der Waals surface area contributed by atoms with E-state index in [0.29, 0.717) is 5.95 Å². The first-order valence-electron chi connectivity index (χ1n) is 26.7. The predicted octanol–water partition coefficient (Wildman–Crippen LogP) is 19.5. The summed E-state index contributed by atoms with van der Waals surface area (Å²) in [7, 11) is 0. The van der Waals surface area contributed by atoms with Gasteiger partial charge in [-0.05, 0) is 66.7 Å². The standard InChI is InChI=1S/C71H40N6S2/c1-2-18-41(19-3-1)66-50-26-6-12-28-55(50)73-71(74-66)77-61-33-17-11-27-51(61)64-65-52-36-34-42(38-63(52)79-68(65)49-25-5-4-24-48(49)67(64)77)56-40-54-53-39-43(75-57-29-13-7-20-44(57)45-21-8-14-30-58(45)75)35-37-62(53)78-69(54)70(72-56)76-59-31-15-9-22-46(59)47-23-10-16-32-60(47)76/h1-40H. The van der Waals surface area contributed by atoms with E-state index in [9.17, 15) is 0 Å². The molecule has 0 radical (unpaired) electrons. The molecule has 0 amide bonds. The molecule has 6 nitrogen and oxygen atoms in total. The Bertz CT molecular complexity index is 5530. The van der Waals surface area contributed by atoms with E-state index in [1.807, 2.05) is 22.7 Å². The lowest BCUT2D eigenvalue weighted by Crippen LogP contribution is -2.03. The van der Waals surface area contributed by atoms with E-state index >= 15 is 0 Å². The fraction of sp³-hybridized carbons (Fsp3) is 0. The number of hydrogen-bond donors (Lipinski definition) is 0. The fourth-order valence-corrected chi connectivity index (χ4v) is 15.5. The van der Waals surface area contributed by atoms with Gasteiger partial charge in [-0.1, -0.05) is 176 Å². The first-order valence-corrected chi connectivity index (χ1v) is 28.3. The Morgan fingerprint density at radius 1 is 0.304 bits per heavy atom. The van der Waals surface area contributed by atoms with Crippen molar-refractivity contribution in [3.8, 4) is 40.0 Å². The van der Waals surface area contributed by atoms with Crippen LogP contribution in [0.2, 0.25) is 0 Å². The molecule has 11 aromatic carbocycles. The zero-order valence-corrected chi connectivity index (χ0v) is 43.7. The molecular weight excluding hydrogens is 1000 g/mol. The van der Waals surface area contributed by atoms with Crippen molar-refractivity contribution in [3.63, 3.8) is 0 Å². The van der Waals surface area contributed by atoms with Crippen LogP contribution in [0.4, 0.5) is 0 Å². The van der Waals surface area contributed by atoms with Gasteiger partial charge in [0.25, 0.3) is 0 Å². The second-order valence-electron chi connectivity index (χ2n) is 20.6. The van der Waals surface area contributed by atoms with Crippen LogP contribution in [-0.4, -0.2) is 28.7 Å². The molecule has 8 heteroatoms. The van der Waals surface area contributed by atoms with E-state index in [1.54, 1.807) is 0 Å². The molecule has 18 rings (SSSR count). The molecule has 0 fully saturated rings. The van der Waals surface area contributed by atoms with Gasteiger partial charge in [-0.25, -0.2) is 15.0 Å². The Morgan fingerprint density at radius 2 is 0.861 bits per heavy atom. The first kappa shape index (κ1) is 43.1. The fourth-order valence-electron chi connectivity index (χ4n) is 13.1. The molecule has 0 N–H and O–H groups in total. The molecule has 0 aliphatic carbocycles. The van der Waals surface area contributed by atoms with Crippen LogP contribution in [0.1, 0.15) is 0 Å². The molecule has 79 heavy (non-hydrogen) atoms. The topological polar surface area (TPSA) is 53.5 Å². The van der Waals surface area contributed by atoms with Crippen LogP contribution in [-0.2, 0) is 0 Å².